The van der Waals surface area contributed by atoms with E-state index in [-0.39, 0.29) is 18.6 Å². The number of hydrogen-bond acceptors (Lipinski definition) is 2. The second kappa shape index (κ2) is 8.70. The summed E-state index contributed by atoms with van der Waals surface area (Å²) < 4.78 is 0. The molecule has 1 atom stereocenters. The Bertz CT molecular complexity index is 373. The number of nitrogens with one attached hydrogen (secondary N) is 1. The number of aliphatic hydroxyl groups excluding tert-OH is 1. The lowest BCUT2D eigenvalue weighted by Crippen LogP contribution is -2.35. The predicted octanol–water partition coefficient (Wildman–Crippen LogP) is 2.46. The lowest BCUT2D eigenvalue weighted by atomic mass is 10.1. The van der Waals surface area contributed by atoms with Crippen LogP contribution in [-0.4, -0.2) is 23.7 Å². The summed E-state index contributed by atoms with van der Waals surface area (Å²) in [5, 5.41) is 11.8. The molecule has 0 heterocycles. The highest BCUT2D eigenvalue weighted by Gasteiger charge is 2.09. The van der Waals surface area contributed by atoms with Crippen LogP contribution in [0.3, 0.4) is 0 Å². The highest BCUT2D eigenvalue weighted by Crippen LogP contribution is 2.07. The molecule has 0 bridgehead atoms. The Balaban J connectivity index is 2.36. The molecule has 1 unspecified atom stereocenters. The van der Waals surface area contributed by atoms with Crippen LogP contribution >= 0.6 is 0 Å². The van der Waals surface area contributed by atoms with Crippen molar-refractivity contribution >= 4 is 5.91 Å². The lowest BCUT2D eigenvalue weighted by molar-refractivity contribution is -0.121. The Morgan fingerprint density at radius 1 is 1.21 bits per heavy atom. The molecule has 1 rings (SSSR count). The topological polar surface area (TPSA) is 49.3 Å². The maximum absolute atomic E-state index is 11.8. The van der Waals surface area contributed by atoms with Crippen molar-refractivity contribution in [3.8, 4) is 0 Å². The fourth-order valence-corrected chi connectivity index (χ4v) is 2.03. The first-order valence-corrected chi connectivity index (χ1v) is 7.17. The van der Waals surface area contributed by atoms with Gasteiger partial charge in [-0.15, -0.1) is 0 Å². The first kappa shape index (κ1) is 15.7. The predicted molar refractivity (Wildman–Crippen MR) is 78.1 cm³/mol. The fourth-order valence-electron chi connectivity index (χ4n) is 2.03. The van der Waals surface area contributed by atoms with Crippen LogP contribution < -0.4 is 5.32 Å². The summed E-state index contributed by atoms with van der Waals surface area (Å²) in [7, 11) is 0. The minimum atomic E-state index is 0.0693. The second-order valence-corrected chi connectivity index (χ2v) is 4.86. The number of carbonyl (C=O) groups excluding carboxylic acids is 1. The van der Waals surface area contributed by atoms with Crippen LogP contribution in [0.5, 0.6) is 0 Å². The SMILES string of the molecule is CCc1ccc(CCC(=O)NC(CC)CCO)cc1. The van der Waals surface area contributed by atoms with Crippen LogP contribution in [0, 0.1) is 0 Å². The third-order valence-corrected chi connectivity index (χ3v) is 3.41. The Morgan fingerprint density at radius 3 is 2.37 bits per heavy atom. The third-order valence-electron chi connectivity index (χ3n) is 3.41. The van der Waals surface area contributed by atoms with Crippen LogP contribution in [0.4, 0.5) is 0 Å². The standard InChI is InChI=1S/C16H25NO2/c1-3-13-5-7-14(8-6-13)9-10-16(19)17-15(4-2)11-12-18/h5-8,15,18H,3-4,9-12H2,1-2H3,(H,17,19). The summed E-state index contributed by atoms with van der Waals surface area (Å²) in [6.07, 6.45) is 3.81. The molecule has 0 aliphatic rings. The number of aliphatic hydroxyl groups is 1. The van der Waals surface area contributed by atoms with Crippen molar-refractivity contribution in [2.45, 2.75) is 52.0 Å². The number of carbonyl (C=O) groups is 1. The van der Waals surface area contributed by atoms with E-state index in [2.05, 4.69) is 36.5 Å². The molecule has 0 saturated carbocycles. The van der Waals surface area contributed by atoms with Gasteiger partial charge in [-0.1, -0.05) is 38.1 Å². The quantitative estimate of drug-likeness (QED) is 0.757. The minimum absolute atomic E-state index is 0.0693. The molecule has 19 heavy (non-hydrogen) atoms. The van der Waals surface area contributed by atoms with E-state index >= 15 is 0 Å². The normalized spacial score (nSPS) is 12.2. The molecule has 3 heteroatoms. The van der Waals surface area contributed by atoms with E-state index < -0.39 is 0 Å². The van der Waals surface area contributed by atoms with Gasteiger partial charge < -0.3 is 10.4 Å². The molecular formula is C16H25NO2. The minimum Gasteiger partial charge on any atom is -0.396 e. The molecule has 3 nitrogen and oxygen atoms in total. The Labute approximate surface area is 116 Å². The van der Waals surface area contributed by atoms with E-state index in [1.54, 1.807) is 0 Å². The number of hydrogen-bond donors (Lipinski definition) is 2. The van der Waals surface area contributed by atoms with Crippen molar-refractivity contribution in [2.75, 3.05) is 6.61 Å². The highest BCUT2D eigenvalue weighted by atomic mass is 16.3. The molecule has 106 valence electrons. The van der Waals surface area contributed by atoms with Crippen LogP contribution in [-0.2, 0) is 17.6 Å². The molecule has 0 aliphatic carbocycles. The van der Waals surface area contributed by atoms with E-state index in [0.29, 0.717) is 12.8 Å². The maximum Gasteiger partial charge on any atom is 0.220 e. The van der Waals surface area contributed by atoms with E-state index in [1.807, 2.05) is 6.92 Å². The number of aryl methyl sites for hydroxylation is 2. The van der Waals surface area contributed by atoms with Gasteiger partial charge in [-0.2, -0.15) is 0 Å². The van der Waals surface area contributed by atoms with Gasteiger partial charge in [-0.3, -0.25) is 4.79 Å². The summed E-state index contributed by atoms with van der Waals surface area (Å²) in [6, 6.07) is 8.52. The van der Waals surface area contributed by atoms with Gasteiger partial charge in [0.25, 0.3) is 0 Å². The molecular weight excluding hydrogens is 238 g/mol. The van der Waals surface area contributed by atoms with Crippen LogP contribution in [0.15, 0.2) is 24.3 Å². The molecule has 2 N–H and O–H groups in total. The van der Waals surface area contributed by atoms with Gasteiger partial charge in [0, 0.05) is 19.1 Å². The molecule has 0 radical (unpaired) electrons. The monoisotopic (exact) mass is 263 g/mol. The summed E-state index contributed by atoms with van der Waals surface area (Å²) in [5.74, 6) is 0.0693. The largest absolute Gasteiger partial charge is 0.396 e. The number of amides is 1. The second-order valence-electron chi connectivity index (χ2n) is 4.86. The molecule has 0 spiro atoms. The number of rotatable bonds is 8. The fraction of sp³-hybridized carbons (Fsp3) is 0.562. The van der Waals surface area contributed by atoms with E-state index in [0.717, 1.165) is 19.3 Å². The smallest absolute Gasteiger partial charge is 0.220 e. The van der Waals surface area contributed by atoms with Crippen molar-refractivity contribution in [1.82, 2.24) is 5.32 Å². The summed E-state index contributed by atoms with van der Waals surface area (Å²) in [5.41, 5.74) is 2.52. The van der Waals surface area contributed by atoms with Crippen LogP contribution in [0.2, 0.25) is 0 Å². The zero-order valence-electron chi connectivity index (χ0n) is 12.0. The molecule has 0 aromatic heterocycles. The van der Waals surface area contributed by atoms with Gasteiger partial charge in [-0.05, 0) is 36.8 Å². The van der Waals surface area contributed by atoms with Crippen LogP contribution in [0.25, 0.3) is 0 Å². The number of benzene rings is 1. The van der Waals surface area contributed by atoms with Gasteiger partial charge in [-0.25, -0.2) is 0 Å². The van der Waals surface area contributed by atoms with Crippen molar-refractivity contribution in [1.29, 1.82) is 0 Å². The third kappa shape index (κ3) is 5.88. The van der Waals surface area contributed by atoms with Gasteiger partial charge in [0.2, 0.25) is 5.91 Å². The van der Waals surface area contributed by atoms with Crippen molar-refractivity contribution in [3.05, 3.63) is 35.4 Å². The van der Waals surface area contributed by atoms with Gasteiger partial charge in [0.1, 0.15) is 0 Å². The van der Waals surface area contributed by atoms with Gasteiger partial charge >= 0.3 is 0 Å². The van der Waals surface area contributed by atoms with Gasteiger partial charge in [0.15, 0.2) is 0 Å². The molecule has 1 amide bonds. The summed E-state index contributed by atoms with van der Waals surface area (Å²) >= 11 is 0. The average Bonchev–Trinajstić information content (AvgIpc) is 2.45. The molecule has 0 aliphatic heterocycles. The average molecular weight is 263 g/mol. The molecule has 1 aromatic carbocycles. The first-order valence-electron chi connectivity index (χ1n) is 7.17. The van der Waals surface area contributed by atoms with Crippen LogP contribution in [0.1, 0.15) is 44.2 Å². The Morgan fingerprint density at radius 2 is 1.84 bits per heavy atom. The zero-order valence-corrected chi connectivity index (χ0v) is 12.0. The van der Waals surface area contributed by atoms with E-state index in [4.69, 9.17) is 5.11 Å². The summed E-state index contributed by atoms with van der Waals surface area (Å²) in [4.78, 5) is 11.8. The van der Waals surface area contributed by atoms with Crippen molar-refractivity contribution in [2.24, 2.45) is 0 Å². The first-order chi connectivity index (χ1) is 9.19. The Kier molecular flexibility index (Phi) is 7.19. The maximum atomic E-state index is 11.8. The molecule has 1 aromatic rings. The van der Waals surface area contributed by atoms with E-state index in [9.17, 15) is 4.79 Å². The van der Waals surface area contributed by atoms with Crippen molar-refractivity contribution in [3.63, 3.8) is 0 Å². The summed E-state index contributed by atoms with van der Waals surface area (Å²) in [6.45, 7) is 4.27. The van der Waals surface area contributed by atoms with E-state index in [1.165, 1.54) is 11.1 Å². The van der Waals surface area contributed by atoms with Crippen molar-refractivity contribution < 1.29 is 9.90 Å². The van der Waals surface area contributed by atoms with Gasteiger partial charge in [0.05, 0.1) is 0 Å². The Hall–Kier alpha value is -1.35. The zero-order chi connectivity index (χ0) is 14.1. The molecule has 0 fully saturated rings. The molecule has 0 saturated heterocycles. The lowest BCUT2D eigenvalue weighted by Gasteiger charge is -2.15. The highest BCUT2D eigenvalue weighted by molar-refractivity contribution is 5.76.